The third-order valence-electron chi connectivity index (χ3n) is 3.51. The number of amides is 1. The van der Waals surface area contributed by atoms with Crippen LogP contribution in [0.3, 0.4) is 0 Å². The molecule has 0 unspecified atom stereocenters. The lowest BCUT2D eigenvalue weighted by Gasteiger charge is -2.07. The van der Waals surface area contributed by atoms with E-state index in [0.717, 1.165) is 0 Å². The Morgan fingerprint density at radius 1 is 1.20 bits per heavy atom. The van der Waals surface area contributed by atoms with Crippen molar-refractivity contribution >= 4 is 16.8 Å². The van der Waals surface area contributed by atoms with Crippen molar-refractivity contribution in [2.45, 2.75) is 6.42 Å². The van der Waals surface area contributed by atoms with Crippen LogP contribution in [0.5, 0.6) is 5.75 Å². The largest absolute Gasteiger partial charge is 0.484 e. The van der Waals surface area contributed by atoms with E-state index in [1.807, 2.05) is 6.07 Å². The Balaban J connectivity index is 1.51. The Bertz CT molecular complexity index is 955. The fourth-order valence-corrected chi connectivity index (χ4v) is 2.33. The van der Waals surface area contributed by atoms with E-state index in [4.69, 9.17) is 4.74 Å². The molecule has 7 heteroatoms. The van der Waals surface area contributed by atoms with Crippen LogP contribution in [-0.2, 0) is 11.2 Å². The van der Waals surface area contributed by atoms with Crippen molar-refractivity contribution in [2.75, 3.05) is 13.2 Å². The smallest absolute Gasteiger partial charge is 0.258 e. The summed E-state index contributed by atoms with van der Waals surface area (Å²) in [5, 5.41) is 3.19. The average Bonchev–Trinajstić information content (AvgIpc) is 2.60. The number of carbonyl (C=O) groups is 1. The number of halogens is 1. The van der Waals surface area contributed by atoms with Gasteiger partial charge in [-0.2, -0.15) is 0 Å². The lowest BCUT2D eigenvalue weighted by molar-refractivity contribution is -0.123. The first-order chi connectivity index (χ1) is 12.1. The standard InChI is InChI=1S/C18H16FN3O3/c19-12-4-3-5-13(10-12)25-11-17(23)20-9-8-16-21-15-7-2-1-6-14(15)18(24)22-16/h1-7,10H,8-9,11H2,(H,20,23)(H,21,22,24). The summed E-state index contributed by atoms with van der Waals surface area (Å²) in [6.45, 7) is 0.0811. The van der Waals surface area contributed by atoms with Gasteiger partial charge in [0.1, 0.15) is 17.4 Å². The van der Waals surface area contributed by atoms with Gasteiger partial charge < -0.3 is 15.0 Å². The number of benzene rings is 2. The van der Waals surface area contributed by atoms with Crippen molar-refractivity contribution in [1.82, 2.24) is 15.3 Å². The summed E-state index contributed by atoms with van der Waals surface area (Å²) in [5.74, 6) is 0.0161. The van der Waals surface area contributed by atoms with Crippen LogP contribution in [0.15, 0.2) is 53.3 Å². The number of carbonyl (C=O) groups excluding carboxylic acids is 1. The summed E-state index contributed by atoms with van der Waals surface area (Å²) in [6, 6.07) is 12.6. The molecule has 1 aromatic heterocycles. The zero-order valence-electron chi connectivity index (χ0n) is 13.3. The van der Waals surface area contributed by atoms with Crippen molar-refractivity contribution < 1.29 is 13.9 Å². The zero-order valence-corrected chi connectivity index (χ0v) is 13.3. The predicted molar refractivity (Wildman–Crippen MR) is 91.0 cm³/mol. The number of ether oxygens (including phenoxy) is 1. The first kappa shape index (κ1) is 16.6. The van der Waals surface area contributed by atoms with Crippen LogP contribution in [0.1, 0.15) is 5.82 Å². The monoisotopic (exact) mass is 341 g/mol. The molecule has 25 heavy (non-hydrogen) atoms. The molecule has 0 saturated heterocycles. The fourth-order valence-electron chi connectivity index (χ4n) is 2.33. The van der Waals surface area contributed by atoms with E-state index < -0.39 is 5.82 Å². The van der Waals surface area contributed by atoms with Crippen molar-refractivity contribution in [2.24, 2.45) is 0 Å². The van der Waals surface area contributed by atoms with Gasteiger partial charge >= 0.3 is 0 Å². The van der Waals surface area contributed by atoms with Crippen molar-refractivity contribution in [1.29, 1.82) is 0 Å². The van der Waals surface area contributed by atoms with Gasteiger partial charge in [0.25, 0.3) is 11.5 Å². The minimum Gasteiger partial charge on any atom is -0.484 e. The highest BCUT2D eigenvalue weighted by molar-refractivity contribution is 5.78. The minimum absolute atomic E-state index is 0.207. The molecule has 1 heterocycles. The molecule has 2 aromatic carbocycles. The van der Waals surface area contributed by atoms with Crippen LogP contribution in [0, 0.1) is 5.82 Å². The van der Waals surface area contributed by atoms with Gasteiger partial charge in [-0.05, 0) is 24.3 Å². The van der Waals surface area contributed by atoms with E-state index in [1.165, 1.54) is 18.2 Å². The lowest BCUT2D eigenvalue weighted by atomic mass is 10.2. The number of aromatic amines is 1. The van der Waals surface area contributed by atoms with Crippen molar-refractivity contribution in [3.05, 3.63) is 70.5 Å². The summed E-state index contributed by atoms with van der Waals surface area (Å²) in [7, 11) is 0. The third kappa shape index (κ3) is 4.41. The molecule has 0 aliphatic heterocycles. The number of para-hydroxylation sites is 1. The quantitative estimate of drug-likeness (QED) is 0.716. The topological polar surface area (TPSA) is 84.1 Å². The molecule has 6 nitrogen and oxygen atoms in total. The lowest BCUT2D eigenvalue weighted by Crippen LogP contribution is -2.31. The van der Waals surface area contributed by atoms with E-state index >= 15 is 0 Å². The molecular formula is C18H16FN3O3. The molecule has 0 fully saturated rings. The summed E-state index contributed by atoms with van der Waals surface area (Å²) in [4.78, 5) is 30.8. The maximum absolute atomic E-state index is 13.0. The summed E-state index contributed by atoms with van der Waals surface area (Å²) in [5.41, 5.74) is 0.406. The highest BCUT2D eigenvalue weighted by Crippen LogP contribution is 2.11. The Hall–Kier alpha value is -3.22. The maximum atomic E-state index is 13.0. The van der Waals surface area contributed by atoms with Gasteiger partial charge in [0.05, 0.1) is 10.9 Å². The SMILES string of the molecule is O=C(COc1cccc(F)c1)NCCc1nc2ccccc2c(=O)[nH]1. The van der Waals surface area contributed by atoms with Gasteiger partial charge in [-0.25, -0.2) is 9.37 Å². The summed E-state index contributed by atoms with van der Waals surface area (Å²) in [6.07, 6.45) is 0.381. The highest BCUT2D eigenvalue weighted by Gasteiger charge is 2.06. The van der Waals surface area contributed by atoms with Crippen LogP contribution in [-0.4, -0.2) is 29.0 Å². The second-order valence-corrected chi connectivity index (χ2v) is 5.38. The van der Waals surface area contributed by atoms with E-state index in [1.54, 1.807) is 24.3 Å². The average molecular weight is 341 g/mol. The number of hydrogen-bond donors (Lipinski definition) is 2. The molecule has 3 rings (SSSR count). The van der Waals surface area contributed by atoms with Gasteiger partial charge in [-0.1, -0.05) is 18.2 Å². The molecule has 0 aliphatic rings. The molecule has 0 saturated carbocycles. The summed E-state index contributed by atoms with van der Waals surface area (Å²) >= 11 is 0. The highest BCUT2D eigenvalue weighted by atomic mass is 19.1. The molecular weight excluding hydrogens is 325 g/mol. The Morgan fingerprint density at radius 2 is 2.04 bits per heavy atom. The molecule has 0 aliphatic carbocycles. The number of H-pyrrole nitrogens is 1. The van der Waals surface area contributed by atoms with Gasteiger partial charge in [0.2, 0.25) is 0 Å². The number of fused-ring (bicyclic) bond motifs is 1. The van der Waals surface area contributed by atoms with Crippen molar-refractivity contribution in [3.8, 4) is 5.75 Å². The second-order valence-electron chi connectivity index (χ2n) is 5.38. The van der Waals surface area contributed by atoms with Crippen LogP contribution in [0.2, 0.25) is 0 Å². The van der Waals surface area contributed by atoms with E-state index in [9.17, 15) is 14.0 Å². The first-order valence-electron chi connectivity index (χ1n) is 7.75. The normalized spacial score (nSPS) is 10.6. The Kier molecular flexibility index (Phi) is 5.03. The molecule has 1 amide bonds. The molecule has 0 atom stereocenters. The predicted octanol–water partition coefficient (Wildman–Crippen LogP) is 1.80. The molecule has 0 radical (unpaired) electrons. The van der Waals surface area contributed by atoms with E-state index in [2.05, 4.69) is 15.3 Å². The first-order valence-corrected chi connectivity index (χ1v) is 7.75. The van der Waals surface area contributed by atoms with E-state index in [0.29, 0.717) is 29.7 Å². The Morgan fingerprint density at radius 3 is 2.88 bits per heavy atom. The van der Waals surface area contributed by atoms with Gasteiger partial charge in [-0.3, -0.25) is 9.59 Å². The second kappa shape index (κ2) is 7.57. The number of nitrogens with zero attached hydrogens (tertiary/aromatic N) is 1. The zero-order chi connectivity index (χ0) is 17.6. The van der Waals surface area contributed by atoms with Gasteiger partial charge in [0.15, 0.2) is 6.61 Å². The minimum atomic E-state index is -0.427. The number of hydrogen-bond acceptors (Lipinski definition) is 4. The molecule has 0 spiro atoms. The fraction of sp³-hybridized carbons (Fsp3) is 0.167. The van der Waals surface area contributed by atoms with E-state index in [-0.39, 0.29) is 23.8 Å². The molecule has 128 valence electrons. The van der Waals surface area contributed by atoms with Crippen LogP contribution < -0.4 is 15.6 Å². The Labute approximate surface area is 142 Å². The van der Waals surface area contributed by atoms with Gasteiger partial charge in [-0.15, -0.1) is 0 Å². The van der Waals surface area contributed by atoms with Crippen LogP contribution in [0.25, 0.3) is 10.9 Å². The third-order valence-corrected chi connectivity index (χ3v) is 3.51. The maximum Gasteiger partial charge on any atom is 0.258 e. The van der Waals surface area contributed by atoms with Gasteiger partial charge in [0, 0.05) is 19.0 Å². The summed E-state index contributed by atoms with van der Waals surface area (Å²) < 4.78 is 18.2. The molecule has 3 aromatic rings. The van der Waals surface area contributed by atoms with Crippen LogP contribution in [0.4, 0.5) is 4.39 Å². The number of nitrogens with one attached hydrogen (secondary N) is 2. The molecule has 2 N–H and O–H groups in total. The molecule has 0 bridgehead atoms. The van der Waals surface area contributed by atoms with Crippen LogP contribution >= 0.6 is 0 Å². The number of aromatic nitrogens is 2. The number of rotatable bonds is 6. The van der Waals surface area contributed by atoms with Crippen molar-refractivity contribution in [3.63, 3.8) is 0 Å².